The molecular weight excluding hydrogens is 324 g/mol. The highest BCUT2D eigenvalue weighted by atomic mass is 16.5. The number of ether oxygens (including phenoxy) is 1. The average Bonchev–Trinajstić information content (AvgIpc) is 3.22. The van der Waals surface area contributed by atoms with Gasteiger partial charge in [-0.3, -0.25) is 0 Å². The van der Waals surface area contributed by atoms with Crippen molar-refractivity contribution in [2.45, 2.75) is 25.7 Å². The summed E-state index contributed by atoms with van der Waals surface area (Å²) < 4.78 is 7.57. The molecule has 2 aliphatic rings. The molecular formula is C21H28N4O. The van der Waals surface area contributed by atoms with E-state index in [1.54, 1.807) is 0 Å². The smallest absolute Gasteiger partial charge is 0.0914 e. The van der Waals surface area contributed by atoms with Crippen LogP contribution < -0.4 is 0 Å². The van der Waals surface area contributed by atoms with Crippen LogP contribution in [0.15, 0.2) is 36.5 Å². The first-order valence-corrected chi connectivity index (χ1v) is 9.57. The van der Waals surface area contributed by atoms with Gasteiger partial charge in [0.25, 0.3) is 0 Å². The van der Waals surface area contributed by atoms with E-state index in [0.717, 1.165) is 44.0 Å². The molecule has 138 valence electrons. The maximum Gasteiger partial charge on any atom is 0.0914 e. The zero-order chi connectivity index (χ0) is 18.1. The highest BCUT2D eigenvalue weighted by molar-refractivity contribution is 5.67. The fraction of sp³-hybridized carbons (Fsp3) is 0.524. The number of benzene rings is 1. The molecule has 3 heterocycles. The summed E-state index contributed by atoms with van der Waals surface area (Å²) in [5, 5.41) is 8.53. The lowest BCUT2D eigenvalue weighted by Gasteiger charge is -2.35. The van der Waals surface area contributed by atoms with Crippen LogP contribution >= 0.6 is 0 Å². The fourth-order valence-corrected chi connectivity index (χ4v) is 4.69. The summed E-state index contributed by atoms with van der Waals surface area (Å²) in [4.78, 5) is 2.30. The van der Waals surface area contributed by atoms with Gasteiger partial charge in [-0.15, -0.1) is 5.10 Å². The predicted octanol–water partition coefficient (Wildman–Crippen LogP) is 3.38. The van der Waals surface area contributed by atoms with Gasteiger partial charge in [-0.1, -0.05) is 35.6 Å². The Labute approximate surface area is 155 Å². The topological polar surface area (TPSA) is 43.2 Å². The number of rotatable bonds is 4. The highest BCUT2D eigenvalue weighted by Crippen LogP contribution is 2.44. The molecule has 1 aromatic carbocycles. The van der Waals surface area contributed by atoms with E-state index >= 15 is 0 Å². The largest absolute Gasteiger partial charge is 0.381 e. The minimum absolute atomic E-state index is 0.491. The normalized spacial score (nSPS) is 22.1. The van der Waals surface area contributed by atoms with Crippen molar-refractivity contribution < 1.29 is 4.74 Å². The zero-order valence-corrected chi connectivity index (χ0v) is 15.9. The Hall–Kier alpha value is -2.14. The number of aryl methyl sites for hydroxylation is 2. The van der Waals surface area contributed by atoms with Crippen LogP contribution in [0.5, 0.6) is 0 Å². The monoisotopic (exact) mass is 352 g/mol. The standard InChI is InChI=1S/C21H28N4O/c1-15-21(25(3)23-22-15)19-7-5-4-6-18(19)20(16-9-12-26-13-10-16)17-8-11-24(2)14-17/h4-8,11,16-17,20H,9-10,12-14H2,1-3H3/t17-,20?/m0/s1. The van der Waals surface area contributed by atoms with E-state index in [9.17, 15) is 0 Å². The number of aromatic nitrogens is 3. The van der Waals surface area contributed by atoms with Gasteiger partial charge in [0.1, 0.15) is 0 Å². The van der Waals surface area contributed by atoms with E-state index < -0.39 is 0 Å². The average molecular weight is 352 g/mol. The Morgan fingerprint density at radius 1 is 1.15 bits per heavy atom. The molecule has 0 N–H and O–H groups in total. The quantitative estimate of drug-likeness (QED) is 0.846. The van der Waals surface area contributed by atoms with E-state index in [2.05, 4.69) is 58.8 Å². The lowest BCUT2D eigenvalue weighted by molar-refractivity contribution is 0.0525. The molecule has 0 amide bonds. The Bertz CT molecular complexity index is 772. The summed E-state index contributed by atoms with van der Waals surface area (Å²) in [7, 11) is 4.15. The third-order valence-corrected chi connectivity index (χ3v) is 5.89. The molecule has 1 saturated heterocycles. The van der Waals surface area contributed by atoms with Crippen molar-refractivity contribution in [3.63, 3.8) is 0 Å². The van der Waals surface area contributed by atoms with Gasteiger partial charge in [0.2, 0.25) is 0 Å². The van der Waals surface area contributed by atoms with Crippen LogP contribution in [0.4, 0.5) is 0 Å². The van der Waals surface area contributed by atoms with E-state index in [1.165, 1.54) is 11.1 Å². The van der Waals surface area contributed by atoms with Crippen LogP contribution in [-0.2, 0) is 11.8 Å². The predicted molar refractivity (Wildman–Crippen MR) is 103 cm³/mol. The van der Waals surface area contributed by atoms with Crippen LogP contribution in [0.1, 0.15) is 30.0 Å². The van der Waals surface area contributed by atoms with E-state index in [-0.39, 0.29) is 0 Å². The van der Waals surface area contributed by atoms with Crippen molar-refractivity contribution in [1.82, 2.24) is 19.9 Å². The summed E-state index contributed by atoms with van der Waals surface area (Å²) in [6.07, 6.45) is 6.90. The highest BCUT2D eigenvalue weighted by Gasteiger charge is 2.35. The first kappa shape index (κ1) is 17.3. The van der Waals surface area contributed by atoms with Gasteiger partial charge >= 0.3 is 0 Å². The minimum atomic E-state index is 0.491. The molecule has 0 spiro atoms. The summed E-state index contributed by atoms with van der Waals surface area (Å²) in [5.74, 6) is 1.67. The zero-order valence-electron chi connectivity index (χ0n) is 15.9. The molecule has 0 saturated carbocycles. The summed E-state index contributed by atoms with van der Waals surface area (Å²) >= 11 is 0. The number of nitrogens with zero attached hydrogens (tertiary/aromatic N) is 4. The first-order chi connectivity index (χ1) is 12.6. The van der Waals surface area contributed by atoms with Crippen molar-refractivity contribution in [1.29, 1.82) is 0 Å². The molecule has 1 fully saturated rings. The van der Waals surface area contributed by atoms with Gasteiger partial charge in [0.15, 0.2) is 0 Å². The van der Waals surface area contributed by atoms with E-state index in [1.807, 2.05) is 18.7 Å². The van der Waals surface area contributed by atoms with Crippen LogP contribution in [0.2, 0.25) is 0 Å². The van der Waals surface area contributed by atoms with Crippen LogP contribution in [0.3, 0.4) is 0 Å². The molecule has 0 radical (unpaired) electrons. The SMILES string of the molecule is Cc1nnn(C)c1-c1ccccc1C(C1CCOCC1)[C@H]1C=CN(C)C1. The van der Waals surface area contributed by atoms with Crippen LogP contribution in [-0.4, -0.2) is 46.7 Å². The van der Waals surface area contributed by atoms with Gasteiger partial charge in [-0.05, 0) is 43.4 Å². The van der Waals surface area contributed by atoms with Crippen molar-refractivity contribution in [3.8, 4) is 11.3 Å². The van der Waals surface area contributed by atoms with Gasteiger partial charge in [-0.2, -0.15) is 0 Å². The molecule has 0 bridgehead atoms. The van der Waals surface area contributed by atoms with E-state index in [4.69, 9.17) is 4.74 Å². The van der Waals surface area contributed by atoms with Gasteiger partial charge in [-0.25, -0.2) is 4.68 Å². The fourth-order valence-electron chi connectivity index (χ4n) is 4.69. The van der Waals surface area contributed by atoms with Crippen molar-refractivity contribution >= 4 is 0 Å². The molecule has 5 heteroatoms. The summed E-state index contributed by atoms with van der Waals surface area (Å²) in [5.41, 5.74) is 4.83. The molecule has 2 atom stereocenters. The second kappa shape index (κ2) is 7.23. The van der Waals surface area contributed by atoms with Crippen LogP contribution in [0, 0.1) is 18.8 Å². The maximum atomic E-state index is 5.66. The number of hydrogen-bond acceptors (Lipinski definition) is 4. The molecule has 2 aromatic rings. The summed E-state index contributed by atoms with van der Waals surface area (Å²) in [6, 6.07) is 8.85. The Morgan fingerprint density at radius 3 is 2.58 bits per heavy atom. The Balaban J connectivity index is 1.80. The van der Waals surface area contributed by atoms with Gasteiger partial charge < -0.3 is 9.64 Å². The van der Waals surface area contributed by atoms with Crippen molar-refractivity contribution in [2.24, 2.45) is 18.9 Å². The molecule has 5 nitrogen and oxygen atoms in total. The Morgan fingerprint density at radius 2 is 1.92 bits per heavy atom. The maximum absolute atomic E-state index is 5.66. The number of hydrogen-bond donors (Lipinski definition) is 0. The molecule has 4 rings (SSSR count). The van der Waals surface area contributed by atoms with Crippen LogP contribution in [0.25, 0.3) is 11.3 Å². The lowest BCUT2D eigenvalue weighted by atomic mass is 9.72. The second-order valence-electron chi connectivity index (χ2n) is 7.65. The Kier molecular flexibility index (Phi) is 4.81. The third kappa shape index (κ3) is 3.16. The van der Waals surface area contributed by atoms with Gasteiger partial charge in [0, 0.05) is 45.3 Å². The lowest BCUT2D eigenvalue weighted by Crippen LogP contribution is -2.29. The molecule has 26 heavy (non-hydrogen) atoms. The van der Waals surface area contributed by atoms with Gasteiger partial charge in [0.05, 0.1) is 11.4 Å². The van der Waals surface area contributed by atoms with Crippen molar-refractivity contribution in [2.75, 3.05) is 26.8 Å². The minimum Gasteiger partial charge on any atom is -0.381 e. The summed E-state index contributed by atoms with van der Waals surface area (Å²) in [6.45, 7) is 4.88. The third-order valence-electron chi connectivity index (χ3n) is 5.89. The molecule has 1 aromatic heterocycles. The second-order valence-corrected chi connectivity index (χ2v) is 7.65. The van der Waals surface area contributed by atoms with E-state index in [0.29, 0.717) is 17.8 Å². The van der Waals surface area contributed by atoms with Crippen molar-refractivity contribution in [3.05, 3.63) is 47.8 Å². The molecule has 0 aliphatic carbocycles. The molecule has 2 aliphatic heterocycles. The molecule has 1 unspecified atom stereocenters. The first-order valence-electron chi connectivity index (χ1n) is 9.57.